The molecule has 170 valence electrons. The normalized spacial score (nSPS) is 16.4. The maximum atomic E-state index is 12.9. The summed E-state index contributed by atoms with van der Waals surface area (Å²) >= 11 is 6.12. The van der Waals surface area contributed by atoms with Crippen molar-refractivity contribution in [1.82, 2.24) is 4.31 Å². The number of benzene rings is 2. The number of carbonyl (C=O) groups is 2. The SMILES string of the molecule is O=C(COC(=O)c1cc(S(=O)(=O)N2CCCCC2)ccc1Cl)Nc1ccc2c(c1)CCC2. The highest BCUT2D eigenvalue weighted by Crippen LogP contribution is 2.26. The molecule has 0 atom stereocenters. The number of hydrogen-bond donors (Lipinski definition) is 1. The summed E-state index contributed by atoms with van der Waals surface area (Å²) < 4.78 is 32.3. The molecule has 2 aromatic carbocycles. The van der Waals surface area contributed by atoms with Gasteiger partial charge < -0.3 is 10.1 Å². The lowest BCUT2D eigenvalue weighted by Gasteiger charge is -2.26. The molecule has 1 heterocycles. The number of halogens is 1. The van der Waals surface area contributed by atoms with Gasteiger partial charge in [-0.15, -0.1) is 0 Å². The molecular formula is C23H25ClN2O5S. The van der Waals surface area contributed by atoms with Gasteiger partial charge in [0.25, 0.3) is 5.91 Å². The van der Waals surface area contributed by atoms with E-state index in [1.165, 1.54) is 33.6 Å². The number of esters is 1. The van der Waals surface area contributed by atoms with E-state index in [4.69, 9.17) is 16.3 Å². The van der Waals surface area contributed by atoms with Gasteiger partial charge in [-0.1, -0.05) is 24.1 Å². The van der Waals surface area contributed by atoms with Crippen LogP contribution < -0.4 is 5.32 Å². The average Bonchev–Trinajstić information content (AvgIpc) is 3.26. The van der Waals surface area contributed by atoms with Crippen molar-refractivity contribution in [3.63, 3.8) is 0 Å². The zero-order valence-corrected chi connectivity index (χ0v) is 19.2. The Balaban J connectivity index is 1.40. The number of hydrogen-bond acceptors (Lipinski definition) is 5. The van der Waals surface area contributed by atoms with Crippen LogP contribution in [-0.4, -0.2) is 44.3 Å². The lowest BCUT2D eigenvalue weighted by molar-refractivity contribution is -0.119. The largest absolute Gasteiger partial charge is 0.452 e. The maximum Gasteiger partial charge on any atom is 0.340 e. The second-order valence-corrected chi connectivity index (χ2v) is 10.4. The van der Waals surface area contributed by atoms with Crippen molar-refractivity contribution in [3.8, 4) is 0 Å². The number of anilines is 1. The van der Waals surface area contributed by atoms with Crippen molar-refractivity contribution < 1.29 is 22.7 Å². The Kier molecular flexibility index (Phi) is 6.83. The first-order valence-electron chi connectivity index (χ1n) is 10.7. The second-order valence-electron chi connectivity index (χ2n) is 8.07. The zero-order valence-electron chi connectivity index (χ0n) is 17.6. The minimum absolute atomic E-state index is 0.0154. The molecule has 0 spiro atoms. The number of nitrogens with one attached hydrogen (secondary N) is 1. The molecule has 0 bridgehead atoms. The van der Waals surface area contributed by atoms with Crippen LogP contribution in [0, 0.1) is 0 Å². The van der Waals surface area contributed by atoms with E-state index in [1.54, 1.807) is 0 Å². The van der Waals surface area contributed by atoms with Crippen LogP contribution in [-0.2, 0) is 32.4 Å². The van der Waals surface area contributed by atoms with E-state index in [0.717, 1.165) is 38.5 Å². The molecule has 1 N–H and O–H groups in total. The van der Waals surface area contributed by atoms with Gasteiger partial charge in [-0.3, -0.25) is 4.79 Å². The molecule has 0 radical (unpaired) electrons. The van der Waals surface area contributed by atoms with Crippen molar-refractivity contribution in [2.45, 2.75) is 43.4 Å². The minimum Gasteiger partial charge on any atom is -0.452 e. The third-order valence-electron chi connectivity index (χ3n) is 5.83. The van der Waals surface area contributed by atoms with E-state index in [9.17, 15) is 18.0 Å². The van der Waals surface area contributed by atoms with Crippen molar-refractivity contribution in [2.24, 2.45) is 0 Å². The molecule has 0 aromatic heterocycles. The second kappa shape index (κ2) is 9.60. The van der Waals surface area contributed by atoms with Crippen LogP contribution in [0.3, 0.4) is 0 Å². The molecule has 4 rings (SSSR count). The third kappa shape index (κ3) is 4.98. The van der Waals surface area contributed by atoms with Gasteiger partial charge in [0.05, 0.1) is 15.5 Å². The predicted molar refractivity (Wildman–Crippen MR) is 121 cm³/mol. The molecule has 2 aromatic rings. The van der Waals surface area contributed by atoms with Gasteiger partial charge >= 0.3 is 5.97 Å². The summed E-state index contributed by atoms with van der Waals surface area (Å²) in [5, 5.41) is 2.78. The van der Waals surface area contributed by atoms with E-state index < -0.39 is 28.5 Å². The molecule has 9 heteroatoms. The number of piperidine rings is 1. The Morgan fingerprint density at radius 1 is 0.969 bits per heavy atom. The van der Waals surface area contributed by atoms with E-state index in [2.05, 4.69) is 5.32 Å². The number of ether oxygens (including phenoxy) is 1. The van der Waals surface area contributed by atoms with Crippen molar-refractivity contribution in [1.29, 1.82) is 0 Å². The number of fused-ring (bicyclic) bond motifs is 1. The summed E-state index contributed by atoms with van der Waals surface area (Å²) in [5.41, 5.74) is 3.08. The fourth-order valence-electron chi connectivity index (χ4n) is 4.13. The summed E-state index contributed by atoms with van der Waals surface area (Å²) in [5.74, 6) is -1.33. The molecule has 1 aliphatic carbocycles. The van der Waals surface area contributed by atoms with E-state index >= 15 is 0 Å². The lowest BCUT2D eigenvalue weighted by atomic mass is 10.1. The Labute approximate surface area is 192 Å². The molecule has 1 saturated heterocycles. The van der Waals surface area contributed by atoms with Crippen molar-refractivity contribution in [3.05, 3.63) is 58.1 Å². The molecule has 32 heavy (non-hydrogen) atoms. The molecule has 1 aliphatic heterocycles. The summed E-state index contributed by atoms with van der Waals surface area (Å²) in [6, 6.07) is 9.72. The maximum absolute atomic E-state index is 12.9. The molecular weight excluding hydrogens is 452 g/mol. The van der Waals surface area contributed by atoms with Crippen LogP contribution in [0.1, 0.15) is 47.2 Å². The van der Waals surface area contributed by atoms with E-state index in [1.807, 2.05) is 18.2 Å². The van der Waals surface area contributed by atoms with Gasteiger partial charge in [0.2, 0.25) is 10.0 Å². The van der Waals surface area contributed by atoms with Gasteiger partial charge in [0.15, 0.2) is 6.61 Å². The standard InChI is InChI=1S/C23H25ClN2O5S/c24-21-10-9-19(32(29,30)26-11-2-1-3-12-26)14-20(21)23(28)31-15-22(27)25-18-8-7-16-5-4-6-17(16)13-18/h7-10,13-14H,1-6,11-12,15H2,(H,25,27). The summed E-state index contributed by atoms with van der Waals surface area (Å²) in [6.45, 7) is 0.399. The zero-order chi connectivity index (χ0) is 22.7. The van der Waals surface area contributed by atoms with Crippen LogP contribution in [0.25, 0.3) is 0 Å². The topological polar surface area (TPSA) is 92.8 Å². The number of aryl methyl sites for hydroxylation is 2. The molecule has 0 saturated carbocycles. The number of nitrogens with zero attached hydrogens (tertiary/aromatic N) is 1. The predicted octanol–water partition coefficient (Wildman–Crippen LogP) is 3.80. The first-order valence-corrected chi connectivity index (χ1v) is 12.5. The lowest BCUT2D eigenvalue weighted by Crippen LogP contribution is -2.35. The molecule has 1 amide bonds. The van der Waals surface area contributed by atoms with Crippen molar-refractivity contribution >= 4 is 39.2 Å². The molecule has 2 aliphatic rings. The van der Waals surface area contributed by atoms with Gasteiger partial charge in [-0.05, 0) is 73.6 Å². The highest BCUT2D eigenvalue weighted by molar-refractivity contribution is 7.89. The fourth-order valence-corrected chi connectivity index (χ4v) is 5.87. The van der Waals surface area contributed by atoms with Gasteiger partial charge in [-0.2, -0.15) is 4.31 Å². The van der Waals surface area contributed by atoms with Crippen LogP contribution in [0.5, 0.6) is 0 Å². The van der Waals surface area contributed by atoms with Crippen LogP contribution >= 0.6 is 11.6 Å². The summed E-state index contributed by atoms with van der Waals surface area (Å²) in [6.07, 6.45) is 5.76. The van der Waals surface area contributed by atoms with E-state index in [-0.39, 0.29) is 15.5 Å². The Morgan fingerprint density at radius 2 is 1.72 bits per heavy atom. The quantitative estimate of drug-likeness (QED) is 0.640. The molecule has 0 unspecified atom stereocenters. The van der Waals surface area contributed by atoms with Gasteiger partial charge in [0.1, 0.15) is 0 Å². The summed E-state index contributed by atoms with van der Waals surface area (Å²) in [7, 11) is -3.72. The van der Waals surface area contributed by atoms with Crippen LogP contribution in [0.15, 0.2) is 41.3 Å². The fraction of sp³-hybridized carbons (Fsp3) is 0.391. The molecule has 7 nitrogen and oxygen atoms in total. The minimum atomic E-state index is -3.72. The number of amides is 1. The highest BCUT2D eigenvalue weighted by Gasteiger charge is 2.27. The number of sulfonamides is 1. The molecule has 1 fully saturated rings. The average molecular weight is 477 g/mol. The van der Waals surface area contributed by atoms with Crippen LogP contribution in [0.4, 0.5) is 5.69 Å². The van der Waals surface area contributed by atoms with Crippen LogP contribution in [0.2, 0.25) is 5.02 Å². The first-order chi connectivity index (χ1) is 15.3. The monoisotopic (exact) mass is 476 g/mol. The smallest absolute Gasteiger partial charge is 0.340 e. The van der Waals surface area contributed by atoms with Gasteiger partial charge in [-0.25, -0.2) is 13.2 Å². The first kappa shape index (κ1) is 22.8. The van der Waals surface area contributed by atoms with E-state index in [0.29, 0.717) is 18.8 Å². The van der Waals surface area contributed by atoms with Crippen molar-refractivity contribution in [2.75, 3.05) is 25.0 Å². The number of rotatable bonds is 6. The highest BCUT2D eigenvalue weighted by atomic mass is 35.5. The summed E-state index contributed by atoms with van der Waals surface area (Å²) in [4.78, 5) is 24.8. The Morgan fingerprint density at radius 3 is 2.50 bits per heavy atom. The Hall–Kier alpha value is -2.42. The van der Waals surface area contributed by atoms with Gasteiger partial charge in [0, 0.05) is 18.8 Å². The Bertz CT molecular complexity index is 1140. The number of carbonyl (C=O) groups excluding carboxylic acids is 2. The third-order valence-corrected chi connectivity index (χ3v) is 8.05.